The monoisotopic (exact) mass is 259 g/mol. The van der Waals surface area contributed by atoms with Crippen LogP contribution in [0.3, 0.4) is 0 Å². The van der Waals surface area contributed by atoms with E-state index < -0.39 is 0 Å². The summed E-state index contributed by atoms with van der Waals surface area (Å²) in [5.74, 6) is 0.158. The van der Waals surface area contributed by atoms with Gasteiger partial charge in [0.05, 0.1) is 0 Å². The van der Waals surface area contributed by atoms with Crippen molar-refractivity contribution in [2.75, 3.05) is 0 Å². The average molecular weight is 259 g/mol. The zero-order valence-corrected chi connectivity index (χ0v) is 11.2. The number of hydrogen-bond acceptors (Lipinski definition) is 2. The number of phenolic OH excluding ortho intramolecular Hbond substituents is 1. The fraction of sp³-hybridized carbons (Fsp3) is 0.250. The highest BCUT2D eigenvalue weighted by Crippen LogP contribution is 2.22. The Bertz CT molecular complexity index is 558. The number of phenols is 1. The molecular weight excluding hydrogens is 241 g/mol. The first-order chi connectivity index (χ1) is 9.08. The minimum Gasteiger partial charge on any atom is -0.507 e. The van der Waals surface area contributed by atoms with Gasteiger partial charge in [-0.3, -0.25) is 0 Å². The third-order valence-corrected chi connectivity index (χ3v) is 3.15. The second kappa shape index (κ2) is 5.85. The van der Waals surface area contributed by atoms with Gasteiger partial charge in [-0.15, -0.1) is 0 Å². The van der Waals surface area contributed by atoms with Crippen molar-refractivity contribution in [3.63, 3.8) is 0 Å². The van der Waals surface area contributed by atoms with Crippen LogP contribution in [-0.2, 0) is 13.1 Å². The normalized spacial score (nSPS) is 10.7. The Balaban J connectivity index is 1.98. The molecule has 0 saturated heterocycles. The molecule has 3 heteroatoms. The highest BCUT2D eigenvalue weighted by atomic mass is 19.1. The zero-order chi connectivity index (χ0) is 13.8. The van der Waals surface area contributed by atoms with Gasteiger partial charge in [0.15, 0.2) is 0 Å². The molecule has 0 aromatic heterocycles. The summed E-state index contributed by atoms with van der Waals surface area (Å²) in [4.78, 5) is 0. The van der Waals surface area contributed by atoms with E-state index >= 15 is 0 Å². The molecule has 0 spiro atoms. The molecule has 100 valence electrons. The summed E-state index contributed by atoms with van der Waals surface area (Å²) in [5, 5.41) is 12.9. The number of hydrogen-bond donors (Lipinski definition) is 2. The number of aryl methyl sites for hydroxylation is 2. The van der Waals surface area contributed by atoms with Gasteiger partial charge < -0.3 is 10.4 Å². The minimum absolute atomic E-state index is 0.187. The molecule has 2 aromatic carbocycles. The van der Waals surface area contributed by atoms with Crippen LogP contribution in [0, 0.1) is 19.7 Å². The van der Waals surface area contributed by atoms with E-state index in [1.807, 2.05) is 32.0 Å². The van der Waals surface area contributed by atoms with E-state index in [0.717, 1.165) is 16.7 Å². The lowest BCUT2D eigenvalue weighted by molar-refractivity contribution is 0.466. The molecule has 0 aliphatic heterocycles. The Morgan fingerprint density at radius 3 is 2.32 bits per heavy atom. The maximum absolute atomic E-state index is 13.4. The van der Waals surface area contributed by atoms with Crippen molar-refractivity contribution in [2.45, 2.75) is 26.9 Å². The van der Waals surface area contributed by atoms with Crippen LogP contribution in [-0.4, -0.2) is 5.11 Å². The highest BCUT2D eigenvalue weighted by molar-refractivity contribution is 5.42. The van der Waals surface area contributed by atoms with Crippen molar-refractivity contribution in [1.82, 2.24) is 5.32 Å². The summed E-state index contributed by atoms with van der Waals surface area (Å²) in [6.45, 7) is 4.90. The Morgan fingerprint density at radius 2 is 1.68 bits per heavy atom. The van der Waals surface area contributed by atoms with Crippen LogP contribution >= 0.6 is 0 Å². The molecule has 2 nitrogen and oxygen atoms in total. The maximum Gasteiger partial charge on any atom is 0.127 e. The summed E-state index contributed by atoms with van der Waals surface area (Å²) in [6, 6.07) is 10.6. The third kappa shape index (κ3) is 3.32. The first-order valence-corrected chi connectivity index (χ1v) is 6.31. The standard InChI is InChI=1S/C16H18FNO/c1-11-7-13(8-12(2)16(11)19)9-18-10-14-5-3-4-6-15(14)17/h3-8,18-19H,9-10H2,1-2H3. The topological polar surface area (TPSA) is 32.3 Å². The molecule has 0 amide bonds. The van der Waals surface area contributed by atoms with Gasteiger partial charge in [0, 0.05) is 18.7 Å². The van der Waals surface area contributed by atoms with Gasteiger partial charge in [-0.25, -0.2) is 4.39 Å². The van der Waals surface area contributed by atoms with E-state index in [1.54, 1.807) is 12.1 Å². The number of halogens is 1. The van der Waals surface area contributed by atoms with Crippen LogP contribution in [0.15, 0.2) is 36.4 Å². The van der Waals surface area contributed by atoms with Crippen molar-refractivity contribution < 1.29 is 9.50 Å². The van der Waals surface area contributed by atoms with E-state index in [1.165, 1.54) is 6.07 Å². The van der Waals surface area contributed by atoms with Crippen molar-refractivity contribution in [2.24, 2.45) is 0 Å². The number of nitrogens with one attached hydrogen (secondary N) is 1. The first-order valence-electron chi connectivity index (χ1n) is 6.31. The van der Waals surface area contributed by atoms with Crippen LogP contribution in [0.1, 0.15) is 22.3 Å². The van der Waals surface area contributed by atoms with Gasteiger partial charge in [-0.2, -0.15) is 0 Å². The quantitative estimate of drug-likeness (QED) is 0.881. The van der Waals surface area contributed by atoms with Crippen LogP contribution in [0.2, 0.25) is 0 Å². The lowest BCUT2D eigenvalue weighted by Crippen LogP contribution is -2.13. The molecule has 0 aliphatic rings. The van der Waals surface area contributed by atoms with Gasteiger partial charge in [0.25, 0.3) is 0 Å². The molecule has 19 heavy (non-hydrogen) atoms. The molecule has 2 aromatic rings. The zero-order valence-electron chi connectivity index (χ0n) is 11.2. The van der Waals surface area contributed by atoms with Crippen LogP contribution in [0.5, 0.6) is 5.75 Å². The van der Waals surface area contributed by atoms with Gasteiger partial charge in [0.1, 0.15) is 11.6 Å². The second-order valence-electron chi connectivity index (χ2n) is 4.77. The maximum atomic E-state index is 13.4. The summed E-state index contributed by atoms with van der Waals surface area (Å²) in [5.41, 5.74) is 3.48. The van der Waals surface area contributed by atoms with E-state index in [-0.39, 0.29) is 5.82 Å². The Labute approximate surface area is 112 Å². The molecule has 0 atom stereocenters. The SMILES string of the molecule is Cc1cc(CNCc2ccccc2F)cc(C)c1O. The Morgan fingerprint density at radius 1 is 1.05 bits per heavy atom. The van der Waals surface area contributed by atoms with Crippen LogP contribution in [0.25, 0.3) is 0 Å². The molecule has 0 saturated carbocycles. The Kier molecular flexibility index (Phi) is 4.17. The van der Waals surface area contributed by atoms with Gasteiger partial charge in [-0.1, -0.05) is 30.3 Å². The van der Waals surface area contributed by atoms with Crippen molar-refractivity contribution in [1.29, 1.82) is 0 Å². The summed E-state index contributed by atoms with van der Waals surface area (Å²) in [6.07, 6.45) is 0. The summed E-state index contributed by atoms with van der Waals surface area (Å²) < 4.78 is 13.4. The summed E-state index contributed by atoms with van der Waals surface area (Å²) in [7, 11) is 0. The van der Waals surface area contributed by atoms with Crippen molar-refractivity contribution in [3.8, 4) is 5.75 Å². The van der Waals surface area contributed by atoms with Crippen LogP contribution in [0.4, 0.5) is 4.39 Å². The molecule has 0 fully saturated rings. The van der Waals surface area contributed by atoms with E-state index in [9.17, 15) is 9.50 Å². The lowest BCUT2D eigenvalue weighted by atomic mass is 10.1. The second-order valence-corrected chi connectivity index (χ2v) is 4.77. The molecule has 0 aliphatic carbocycles. The van der Waals surface area contributed by atoms with Gasteiger partial charge in [0.2, 0.25) is 0 Å². The molecule has 2 rings (SSSR count). The average Bonchev–Trinajstić information content (AvgIpc) is 2.38. The minimum atomic E-state index is -0.187. The molecular formula is C16H18FNO. The molecule has 0 radical (unpaired) electrons. The van der Waals surface area contributed by atoms with E-state index in [4.69, 9.17) is 0 Å². The fourth-order valence-corrected chi connectivity index (χ4v) is 2.13. The van der Waals surface area contributed by atoms with E-state index in [0.29, 0.717) is 24.4 Å². The molecule has 0 unspecified atom stereocenters. The van der Waals surface area contributed by atoms with E-state index in [2.05, 4.69) is 5.32 Å². The Hall–Kier alpha value is -1.87. The third-order valence-electron chi connectivity index (χ3n) is 3.15. The van der Waals surface area contributed by atoms with Crippen LogP contribution < -0.4 is 5.32 Å². The van der Waals surface area contributed by atoms with Gasteiger partial charge >= 0.3 is 0 Å². The van der Waals surface area contributed by atoms with Crippen molar-refractivity contribution >= 4 is 0 Å². The lowest BCUT2D eigenvalue weighted by Gasteiger charge is -2.09. The first kappa shape index (κ1) is 13.6. The number of aromatic hydroxyl groups is 1. The predicted molar refractivity (Wildman–Crippen MR) is 74.5 cm³/mol. The van der Waals surface area contributed by atoms with Crippen molar-refractivity contribution in [3.05, 3.63) is 64.5 Å². The summed E-state index contributed by atoms with van der Waals surface area (Å²) >= 11 is 0. The number of rotatable bonds is 4. The highest BCUT2D eigenvalue weighted by Gasteiger charge is 2.04. The fourth-order valence-electron chi connectivity index (χ4n) is 2.13. The largest absolute Gasteiger partial charge is 0.507 e. The number of benzene rings is 2. The predicted octanol–water partition coefficient (Wildman–Crippen LogP) is 3.44. The molecule has 2 N–H and O–H groups in total. The van der Waals surface area contributed by atoms with Gasteiger partial charge in [-0.05, 0) is 36.6 Å². The smallest absolute Gasteiger partial charge is 0.127 e. The molecule has 0 bridgehead atoms. The molecule has 0 heterocycles.